The van der Waals surface area contributed by atoms with Crippen molar-refractivity contribution in [3.63, 3.8) is 0 Å². The lowest BCUT2D eigenvalue weighted by molar-refractivity contribution is -0.154. The molecule has 13 heteroatoms. The van der Waals surface area contributed by atoms with Crippen molar-refractivity contribution in [3.8, 4) is 0 Å². The lowest BCUT2D eigenvalue weighted by atomic mass is 9.91. The van der Waals surface area contributed by atoms with Gasteiger partial charge in [0.1, 0.15) is 11.6 Å². The summed E-state index contributed by atoms with van der Waals surface area (Å²) in [5.41, 5.74) is -0.701. The Kier molecular flexibility index (Phi) is 8.85. The standard InChI is InChI=1S/C30H38F3N5O5/c1-19-34-10-6-26(35-19)37-13-9-29(18-37,43-3)28(41)38-16-21(14-23(38)17-42-2)24-5-4-22(30(31,32)33)15-25(24)36-11-7-20(8-12-36)27(39)40/h4-6,10,15,20-21,23H,7-9,11-14,16-18H2,1-3H3,(H,39,40)/t21-,23+,29-/m1/s1. The van der Waals surface area contributed by atoms with Crippen LogP contribution < -0.4 is 9.80 Å². The van der Waals surface area contributed by atoms with Gasteiger partial charge in [-0.15, -0.1) is 0 Å². The fourth-order valence-electron chi connectivity index (χ4n) is 6.74. The highest BCUT2D eigenvalue weighted by molar-refractivity contribution is 5.87. The summed E-state index contributed by atoms with van der Waals surface area (Å²) in [6.45, 7) is 3.94. The molecule has 0 unspecified atom stereocenters. The van der Waals surface area contributed by atoms with Gasteiger partial charge in [-0.25, -0.2) is 9.97 Å². The number of carboxylic acid groups (broad SMARTS) is 1. The highest BCUT2D eigenvalue weighted by Crippen LogP contribution is 2.43. The van der Waals surface area contributed by atoms with Crippen LogP contribution in [0.5, 0.6) is 0 Å². The maximum atomic E-state index is 14.2. The number of benzene rings is 1. The summed E-state index contributed by atoms with van der Waals surface area (Å²) in [7, 11) is 3.09. The topological polar surface area (TPSA) is 108 Å². The van der Waals surface area contributed by atoms with Crippen LogP contribution >= 0.6 is 0 Å². The largest absolute Gasteiger partial charge is 0.481 e. The Morgan fingerprint density at radius 3 is 2.49 bits per heavy atom. The molecule has 3 aliphatic heterocycles. The molecule has 0 radical (unpaired) electrons. The SMILES string of the molecule is COC[C@@H]1C[C@@H](c2ccc(C(F)(F)F)cc2N2CCC(C(=O)O)CC2)CN1C(=O)[C@@]1(OC)CCN(c2ccnc(C)n2)C1. The number of carboxylic acids is 1. The Hall–Kier alpha value is -3.45. The van der Waals surface area contributed by atoms with Gasteiger partial charge in [-0.05, 0) is 49.9 Å². The molecule has 3 aliphatic rings. The van der Waals surface area contributed by atoms with Crippen molar-refractivity contribution in [2.75, 3.05) is 63.4 Å². The van der Waals surface area contributed by atoms with E-state index in [1.807, 2.05) is 9.80 Å². The van der Waals surface area contributed by atoms with E-state index in [1.54, 1.807) is 31.2 Å². The number of rotatable bonds is 8. The number of nitrogens with zero attached hydrogens (tertiary/aromatic N) is 5. The second-order valence-electron chi connectivity index (χ2n) is 11.7. The van der Waals surface area contributed by atoms with Crippen LogP contribution in [0.4, 0.5) is 24.7 Å². The fraction of sp³-hybridized carbons (Fsp3) is 0.600. The van der Waals surface area contributed by atoms with Crippen LogP contribution in [0.3, 0.4) is 0 Å². The number of aryl methyl sites for hydroxylation is 1. The number of aliphatic carboxylic acids is 1. The highest BCUT2D eigenvalue weighted by Gasteiger charge is 2.51. The predicted molar refractivity (Wildman–Crippen MR) is 152 cm³/mol. The van der Waals surface area contributed by atoms with E-state index in [0.717, 1.165) is 6.07 Å². The van der Waals surface area contributed by atoms with Crippen molar-refractivity contribution in [3.05, 3.63) is 47.4 Å². The second-order valence-corrected chi connectivity index (χ2v) is 11.7. The zero-order valence-corrected chi connectivity index (χ0v) is 24.6. The fourth-order valence-corrected chi connectivity index (χ4v) is 6.74. The predicted octanol–water partition coefficient (Wildman–Crippen LogP) is 3.73. The number of ether oxygens (including phenoxy) is 2. The van der Waals surface area contributed by atoms with Crippen LogP contribution in [0.1, 0.15) is 48.6 Å². The van der Waals surface area contributed by atoms with Crippen LogP contribution in [0.15, 0.2) is 30.5 Å². The summed E-state index contributed by atoms with van der Waals surface area (Å²) in [5.74, 6) is -0.478. The van der Waals surface area contributed by atoms with Gasteiger partial charge in [0, 0.05) is 64.6 Å². The monoisotopic (exact) mass is 605 g/mol. The minimum absolute atomic E-state index is 0.177. The van der Waals surface area contributed by atoms with Crippen molar-refractivity contribution in [2.45, 2.75) is 56.3 Å². The van der Waals surface area contributed by atoms with Crippen molar-refractivity contribution in [2.24, 2.45) is 5.92 Å². The summed E-state index contributed by atoms with van der Waals surface area (Å²) >= 11 is 0. The maximum Gasteiger partial charge on any atom is 0.416 e. The van der Waals surface area contributed by atoms with Crippen molar-refractivity contribution in [1.82, 2.24) is 14.9 Å². The van der Waals surface area contributed by atoms with E-state index < -0.39 is 29.2 Å². The van der Waals surface area contributed by atoms with Crippen molar-refractivity contribution >= 4 is 23.4 Å². The molecular formula is C30H38F3N5O5. The van der Waals surface area contributed by atoms with Crippen LogP contribution in [0.2, 0.25) is 0 Å². The minimum atomic E-state index is -4.52. The third-order valence-corrected chi connectivity index (χ3v) is 9.11. The van der Waals surface area contributed by atoms with E-state index in [9.17, 15) is 27.9 Å². The molecule has 1 N–H and O–H groups in total. The minimum Gasteiger partial charge on any atom is -0.481 e. The van der Waals surface area contributed by atoms with Crippen LogP contribution in [-0.2, 0) is 25.2 Å². The Labute approximate surface area is 248 Å². The number of likely N-dealkylation sites (tertiary alicyclic amines) is 1. The quantitative estimate of drug-likeness (QED) is 0.482. The number of hydrogen-bond donors (Lipinski definition) is 1. The third kappa shape index (κ3) is 6.28. The first-order chi connectivity index (χ1) is 20.5. The number of anilines is 2. The van der Waals surface area contributed by atoms with E-state index in [0.29, 0.717) is 81.3 Å². The first-order valence-corrected chi connectivity index (χ1v) is 14.5. The van der Waals surface area contributed by atoms with Crippen molar-refractivity contribution < 1.29 is 37.3 Å². The third-order valence-electron chi connectivity index (χ3n) is 9.11. The maximum absolute atomic E-state index is 14.2. The average molecular weight is 606 g/mol. The number of piperidine rings is 1. The molecular weight excluding hydrogens is 567 g/mol. The molecule has 1 aromatic heterocycles. The zero-order valence-electron chi connectivity index (χ0n) is 24.6. The molecule has 0 aliphatic carbocycles. The number of aromatic nitrogens is 2. The second kappa shape index (κ2) is 12.3. The molecule has 10 nitrogen and oxygen atoms in total. The summed E-state index contributed by atoms with van der Waals surface area (Å²) in [5, 5.41) is 9.42. The van der Waals surface area contributed by atoms with Crippen LogP contribution in [-0.4, -0.2) is 97.0 Å². The molecule has 234 valence electrons. The molecule has 5 rings (SSSR count). The van der Waals surface area contributed by atoms with Gasteiger partial charge >= 0.3 is 12.1 Å². The molecule has 0 spiro atoms. The van der Waals surface area contributed by atoms with Crippen LogP contribution in [0, 0.1) is 12.8 Å². The van der Waals surface area contributed by atoms with E-state index in [4.69, 9.17) is 9.47 Å². The first kappa shape index (κ1) is 31.0. The number of amides is 1. The molecule has 4 heterocycles. The highest BCUT2D eigenvalue weighted by atomic mass is 19.4. The molecule has 3 fully saturated rings. The van der Waals surface area contributed by atoms with Crippen molar-refractivity contribution in [1.29, 1.82) is 0 Å². The van der Waals surface area contributed by atoms with E-state index >= 15 is 0 Å². The van der Waals surface area contributed by atoms with E-state index in [2.05, 4.69) is 9.97 Å². The van der Waals surface area contributed by atoms with Gasteiger partial charge in [0.05, 0.1) is 30.7 Å². The lowest BCUT2D eigenvalue weighted by Gasteiger charge is -2.35. The number of carbonyl (C=O) groups is 2. The molecule has 0 saturated carbocycles. The zero-order chi connectivity index (χ0) is 30.9. The molecule has 3 saturated heterocycles. The van der Waals surface area contributed by atoms with Gasteiger partial charge in [-0.1, -0.05) is 6.07 Å². The number of halogens is 3. The van der Waals surface area contributed by atoms with Gasteiger partial charge in [0.15, 0.2) is 5.60 Å². The van der Waals surface area contributed by atoms with Gasteiger partial charge in [0.2, 0.25) is 0 Å². The molecule has 2 aromatic rings. The normalized spacial score (nSPS) is 25.0. The molecule has 3 atom stereocenters. The number of alkyl halides is 3. The summed E-state index contributed by atoms with van der Waals surface area (Å²) < 4.78 is 52.8. The van der Waals surface area contributed by atoms with E-state index in [-0.39, 0.29) is 24.5 Å². The summed E-state index contributed by atoms with van der Waals surface area (Å²) in [4.78, 5) is 40.0. The number of hydrogen-bond acceptors (Lipinski definition) is 8. The molecule has 0 bridgehead atoms. The Bertz CT molecular complexity index is 1340. The first-order valence-electron chi connectivity index (χ1n) is 14.5. The van der Waals surface area contributed by atoms with E-state index in [1.165, 1.54) is 19.2 Å². The Balaban J connectivity index is 1.42. The lowest BCUT2D eigenvalue weighted by Crippen LogP contribution is -2.54. The van der Waals surface area contributed by atoms with Gasteiger partial charge < -0.3 is 29.3 Å². The molecule has 1 aromatic carbocycles. The van der Waals surface area contributed by atoms with Gasteiger partial charge in [0.25, 0.3) is 5.91 Å². The average Bonchev–Trinajstić information content (AvgIpc) is 3.62. The Morgan fingerprint density at radius 2 is 1.86 bits per heavy atom. The number of methoxy groups -OCH3 is 2. The summed E-state index contributed by atoms with van der Waals surface area (Å²) in [6, 6.07) is 5.28. The smallest absolute Gasteiger partial charge is 0.416 e. The molecule has 1 amide bonds. The Morgan fingerprint density at radius 1 is 1.12 bits per heavy atom. The van der Waals surface area contributed by atoms with Gasteiger partial charge in [-0.2, -0.15) is 13.2 Å². The van der Waals surface area contributed by atoms with Crippen LogP contribution in [0.25, 0.3) is 0 Å². The summed E-state index contributed by atoms with van der Waals surface area (Å²) in [6.07, 6.45) is -1.17. The number of carbonyl (C=O) groups excluding carboxylic acids is 1. The van der Waals surface area contributed by atoms with Gasteiger partial charge in [-0.3, -0.25) is 9.59 Å². The molecule has 43 heavy (non-hydrogen) atoms.